The second-order valence-corrected chi connectivity index (χ2v) is 4.81. The summed E-state index contributed by atoms with van der Waals surface area (Å²) in [6.45, 7) is 3.39. The molecule has 0 saturated carbocycles. The molecule has 0 spiro atoms. The number of carbonyl (C=O) groups is 1. The topological polar surface area (TPSA) is 49.8 Å². The molecule has 1 rings (SSSR count). The molecule has 0 aliphatic carbocycles. The van der Waals surface area contributed by atoms with Gasteiger partial charge < -0.3 is 9.94 Å². The van der Waals surface area contributed by atoms with Crippen LogP contribution in [0.3, 0.4) is 0 Å². The SMILES string of the molecule is CCCCCCCC(=O)OC1CCN(O)CC1. The lowest BCUT2D eigenvalue weighted by molar-refractivity contribution is -0.161. The van der Waals surface area contributed by atoms with Gasteiger partial charge in [-0.15, -0.1) is 0 Å². The van der Waals surface area contributed by atoms with Crippen LogP contribution >= 0.6 is 0 Å². The Morgan fingerprint density at radius 1 is 1.24 bits per heavy atom. The molecule has 0 amide bonds. The molecule has 0 unspecified atom stereocenters. The lowest BCUT2D eigenvalue weighted by Gasteiger charge is -2.27. The van der Waals surface area contributed by atoms with Crippen molar-refractivity contribution in [2.45, 2.75) is 64.4 Å². The predicted octanol–water partition coefficient (Wildman–Crippen LogP) is 2.74. The molecule has 1 aliphatic heterocycles. The number of esters is 1. The summed E-state index contributed by atoms with van der Waals surface area (Å²) in [6.07, 6.45) is 7.82. The van der Waals surface area contributed by atoms with Crippen LogP contribution in [-0.2, 0) is 9.53 Å². The van der Waals surface area contributed by atoms with E-state index in [-0.39, 0.29) is 12.1 Å². The maximum atomic E-state index is 11.5. The van der Waals surface area contributed by atoms with Gasteiger partial charge in [0.15, 0.2) is 0 Å². The van der Waals surface area contributed by atoms with Crippen molar-refractivity contribution in [2.75, 3.05) is 13.1 Å². The molecule has 0 aromatic rings. The average Bonchev–Trinajstić information content (AvgIpc) is 2.32. The molecule has 1 heterocycles. The maximum Gasteiger partial charge on any atom is 0.306 e. The fourth-order valence-corrected chi connectivity index (χ4v) is 2.08. The molecule has 17 heavy (non-hydrogen) atoms. The van der Waals surface area contributed by atoms with Gasteiger partial charge >= 0.3 is 5.97 Å². The number of piperidine rings is 1. The summed E-state index contributed by atoms with van der Waals surface area (Å²) in [4.78, 5) is 11.5. The summed E-state index contributed by atoms with van der Waals surface area (Å²) in [6, 6.07) is 0. The number of nitrogens with zero attached hydrogens (tertiary/aromatic N) is 1. The molecule has 4 heteroatoms. The van der Waals surface area contributed by atoms with Crippen molar-refractivity contribution in [3.05, 3.63) is 0 Å². The Morgan fingerprint density at radius 3 is 2.53 bits per heavy atom. The summed E-state index contributed by atoms with van der Waals surface area (Å²) >= 11 is 0. The van der Waals surface area contributed by atoms with Crippen LogP contribution in [0.1, 0.15) is 58.3 Å². The highest BCUT2D eigenvalue weighted by Gasteiger charge is 2.20. The predicted molar refractivity (Wildman–Crippen MR) is 65.8 cm³/mol. The third kappa shape index (κ3) is 6.64. The standard InChI is InChI=1S/C13H25NO3/c1-2-3-4-5-6-7-13(15)17-12-8-10-14(16)11-9-12/h12,16H,2-11H2,1H3. The molecule has 0 aromatic carbocycles. The summed E-state index contributed by atoms with van der Waals surface area (Å²) in [5, 5.41) is 10.5. The van der Waals surface area contributed by atoms with Crippen LogP contribution in [0.2, 0.25) is 0 Å². The summed E-state index contributed by atoms with van der Waals surface area (Å²) in [5.41, 5.74) is 0. The van der Waals surface area contributed by atoms with Crippen molar-refractivity contribution in [1.29, 1.82) is 0 Å². The Hall–Kier alpha value is -0.610. The summed E-state index contributed by atoms with van der Waals surface area (Å²) in [5.74, 6) is -0.0714. The van der Waals surface area contributed by atoms with Crippen LogP contribution in [0.15, 0.2) is 0 Å². The van der Waals surface area contributed by atoms with Crippen molar-refractivity contribution in [3.8, 4) is 0 Å². The van der Waals surface area contributed by atoms with E-state index in [1.54, 1.807) is 0 Å². The molecule has 0 aromatic heterocycles. The summed E-state index contributed by atoms with van der Waals surface area (Å²) in [7, 11) is 0. The zero-order chi connectivity index (χ0) is 12.5. The van der Waals surface area contributed by atoms with Crippen LogP contribution in [0, 0.1) is 0 Å². The third-order valence-electron chi connectivity index (χ3n) is 3.20. The fraction of sp³-hybridized carbons (Fsp3) is 0.923. The molecule has 4 nitrogen and oxygen atoms in total. The number of hydrogen-bond acceptors (Lipinski definition) is 4. The normalized spacial score (nSPS) is 18.2. The first kappa shape index (κ1) is 14.5. The Balaban J connectivity index is 2.00. The van der Waals surface area contributed by atoms with Gasteiger partial charge in [-0.1, -0.05) is 32.6 Å². The van der Waals surface area contributed by atoms with Gasteiger partial charge in [-0.05, 0) is 19.3 Å². The van der Waals surface area contributed by atoms with E-state index in [0.29, 0.717) is 19.5 Å². The van der Waals surface area contributed by atoms with Crippen LogP contribution < -0.4 is 0 Å². The minimum atomic E-state index is -0.0714. The average molecular weight is 243 g/mol. The van der Waals surface area contributed by atoms with Gasteiger partial charge in [0.2, 0.25) is 0 Å². The van der Waals surface area contributed by atoms with Gasteiger partial charge in [0, 0.05) is 19.5 Å². The number of ether oxygens (including phenoxy) is 1. The Bertz CT molecular complexity index is 213. The van der Waals surface area contributed by atoms with E-state index >= 15 is 0 Å². The molecular weight excluding hydrogens is 218 g/mol. The van der Waals surface area contributed by atoms with E-state index in [9.17, 15) is 10.0 Å². The Labute approximate surface area is 104 Å². The van der Waals surface area contributed by atoms with Crippen molar-refractivity contribution in [1.82, 2.24) is 5.06 Å². The molecule has 100 valence electrons. The molecule has 1 saturated heterocycles. The minimum Gasteiger partial charge on any atom is -0.462 e. The highest BCUT2D eigenvalue weighted by atomic mass is 16.5. The highest BCUT2D eigenvalue weighted by Crippen LogP contribution is 2.14. The van der Waals surface area contributed by atoms with Crippen molar-refractivity contribution < 1.29 is 14.7 Å². The van der Waals surface area contributed by atoms with Crippen LogP contribution in [0.25, 0.3) is 0 Å². The molecule has 1 fully saturated rings. The van der Waals surface area contributed by atoms with E-state index in [1.807, 2.05) is 0 Å². The van der Waals surface area contributed by atoms with Gasteiger partial charge in [-0.2, -0.15) is 5.06 Å². The van der Waals surface area contributed by atoms with Gasteiger partial charge in [-0.25, -0.2) is 0 Å². The zero-order valence-electron chi connectivity index (χ0n) is 10.9. The smallest absolute Gasteiger partial charge is 0.306 e. The molecular formula is C13H25NO3. The van der Waals surface area contributed by atoms with E-state index in [1.165, 1.54) is 24.3 Å². The quantitative estimate of drug-likeness (QED) is 0.552. The molecule has 0 atom stereocenters. The number of rotatable bonds is 7. The van der Waals surface area contributed by atoms with Crippen molar-refractivity contribution in [3.63, 3.8) is 0 Å². The van der Waals surface area contributed by atoms with E-state index in [2.05, 4.69) is 6.92 Å². The number of hydroxylamine groups is 2. The highest BCUT2D eigenvalue weighted by molar-refractivity contribution is 5.69. The first-order valence-electron chi connectivity index (χ1n) is 6.85. The van der Waals surface area contributed by atoms with Gasteiger partial charge in [-0.3, -0.25) is 4.79 Å². The van der Waals surface area contributed by atoms with Crippen molar-refractivity contribution in [2.24, 2.45) is 0 Å². The monoisotopic (exact) mass is 243 g/mol. The molecule has 1 aliphatic rings. The number of hydrogen-bond donors (Lipinski definition) is 1. The van der Waals surface area contributed by atoms with E-state index in [4.69, 9.17) is 4.74 Å². The van der Waals surface area contributed by atoms with Gasteiger partial charge in [0.25, 0.3) is 0 Å². The second kappa shape index (κ2) is 8.48. The Morgan fingerprint density at radius 2 is 1.88 bits per heavy atom. The number of unbranched alkanes of at least 4 members (excludes halogenated alkanes) is 4. The molecule has 0 bridgehead atoms. The zero-order valence-corrected chi connectivity index (χ0v) is 10.9. The molecule has 0 radical (unpaired) electrons. The second-order valence-electron chi connectivity index (χ2n) is 4.81. The van der Waals surface area contributed by atoms with Crippen LogP contribution in [0.5, 0.6) is 0 Å². The van der Waals surface area contributed by atoms with Gasteiger partial charge in [0.05, 0.1) is 0 Å². The van der Waals surface area contributed by atoms with E-state index in [0.717, 1.165) is 25.7 Å². The van der Waals surface area contributed by atoms with Gasteiger partial charge in [0.1, 0.15) is 6.10 Å². The lowest BCUT2D eigenvalue weighted by Crippen LogP contribution is -2.35. The lowest BCUT2D eigenvalue weighted by atomic mass is 10.1. The fourth-order valence-electron chi connectivity index (χ4n) is 2.08. The van der Waals surface area contributed by atoms with E-state index < -0.39 is 0 Å². The van der Waals surface area contributed by atoms with Crippen LogP contribution in [-0.4, -0.2) is 35.4 Å². The third-order valence-corrected chi connectivity index (χ3v) is 3.20. The molecule has 1 N–H and O–H groups in total. The number of carbonyl (C=O) groups excluding carboxylic acids is 1. The Kier molecular flexibility index (Phi) is 7.21. The first-order chi connectivity index (χ1) is 8.22. The maximum absolute atomic E-state index is 11.5. The van der Waals surface area contributed by atoms with Crippen LogP contribution in [0.4, 0.5) is 0 Å². The largest absolute Gasteiger partial charge is 0.462 e. The summed E-state index contributed by atoms with van der Waals surface area (Å²) < 4.78 is 5.37. The van der Waals surface area contributed by atoms with Crippen molar-refractivity contribution >= 4 is 5.97 Å². The minimum absolute atomic E-state index is 0.0153. The first-order valence-corrected chi connectivity index (χ1v) is 6.85.